The van der Waals surface area contributed by atoms with Crippen molar-refractivity contribution in [2.75, 3.05) is 13.7 Å². The number of nitrogens with zero attached hydrogens (tertiary/aromatic N) is 1. The van der Waals surface area contributed by atoms with E-state index in [2.05, 4.69) is 20.9 Å². The van der Waals surface area contributed by atoms with Gasteiger partial charge in [0.25, 0.3) is 0 Å². The van der Waals surface area contributed by atoms with E-state index in [-0.39, 0.29) is 18.7 Å². The summed E-state index contributed by atoms with van der Waals surface area (Å²) in [6.07, 6.45) is 4.51. The average molecular weight is 332 g/mol. The van der Waals surface area contributed by atoms with Crippen LogP contribution in [0.2, 0.25) is 0 Å². The molecule has 2 aliphatic rings. The molecule has 2 fully saturated rings. The van der Waals surface area contributed by atoms with Crippen LogP contribution in [0.15, 0.2) is 30.3 Å². The van der Waals surface area contributed by atoms with Gasteiger partial charge in [0.1, 0.15) is 12.0 Å². The van der Waals surface area contributed by atoms with Crippen LogP contribution >= 0.6 is 0 Å². The predicted octanol–water partition coefficient (Wildman–Crippen LogP) is 2.85. The summed E-state index contributed by atoms with van der Waals surface area (Å²) in [5.74, 6) is -0.860. The number of quaternary nitrogens is 1. The van der Waals surface area contributed by atoms with Crippen molar-refractivity contribution in [1.82, 2.24) is 0 Å². The number of esters is 1. The molecule has 0 radical (unpaired) electrons. The summed E-state index contributed by atoms with van der Waals surface area (Å²) >= 11 is 0. The summed E-state index contributed by atoms with van der Waals surface area (Å²) < 4.78 is 6.98. The second-order valence-electron chi connectivity index (χ2n) is 7.82. The molecular formula is C20H30NO3+. The lowest BCUT2D eigenvalue weighted by molar-refractivity contribution is -0.968. The Morgan fingerprint density at radius 1 is 1.29 bits per heavy atom. The fraction of sp³-hybridized carbons (Fsp3) is 0.650. The van der Waals surface area contributed by atoms with Crippen LogP contribution in [0.1, 0.15) is 51.0 Å². The summed E-state index contributed by atoms with van der Waals surface area (Å²) in [5.41, 5.74) is 0.826. The molecule has 0 amide bonds. The third-order valence-electron chi connectivity index (χ3n) is 6.52. The van der Waals surface area contributed by atoms with Gasteiger partial charge < -0.3 is 14.3 Å². The van der Waals surface area contributed by atoms with Crippen LogP contribution in [0.5, 0.6) is 0 Å². The molecule has 1 aromatic rings. The SMILES string of the molecule is CC(C)[N+]1(C)[C@@H]2CCC[C@@H]1C(OC(=O)C(CO)c1ccccc1)C2. The van der Waals surface area contributed by atoms with Gasteiger partial charge in [-0.1, -0.05) is 30.3 Å². The highest BCUT2D eigenvalue weighted by Crippen LogP contribution is 2.44. The van der Waals surface area contributed by atoms with E-state index in [1.165, 1.54) is 12.8 Å². The van der Waals surface area contributed by atoms with Crippen LogP contribution in [-0.4, -0.2) is 53.4 Å². The van der Waals surface area contributed by atoms with Gasteiger partial charge in [0, 0.05) is 12.8 Å². The zero-order valence-electron chi connectivity index (χ0n) is 15.0. The molecule has 0 aromatic heterocycles. The number of carbonyl (C=O) groups excluding carboxylic acids is 1. The van der Waals surface area contributed by atoms with E-state index in [0.29, 0.717) is 18.1 Å². The van der Waals surface area contributed by atoms with Crippen LogP contribution in [-0.2, 0) is 9.53 Å². The van der Waals surface area contributed by atoms with Gasteiger partial charge in [-0.25, -0.2) is 0 Å². The molecule has 2 bridgehead atoms. The molecule has 1 N–H and O–H groups in total. The fourth-order valence-electron chi connectivity index (χ4n) is 4.87. The summed E-state index contributed by atoms with van der Waals surface area (Å²) in [6.45, 7) is 4.34. The van der Waals surface area contributed by atoms with Crippen LogP contribution < -0.4 is 0 Å². The van der Waals surface area contributed by atoms with Crippen molar-refractivity contribution in [3.05, 3.63) is 35.9 Å². The molecule has 3 rings (SSSR count). The second kappa shape index (κ2) is 6.85. The molecule has 4 nitrogen and oxygen atoms in total. The van der Waals surface area contributed by atoms with Crippen LogP contribution in [0, 0.1) is 0 Å². The van der Waals surface area contributed by atoms with Gasteiger partial charge in [-0.15, -0.1) is 0 Å². The topological polar surface area (TPSA) is 46.5 Å². The molecule has 0 spiro atoms. The number of fused-ring (bicyclic) bond motifs is 2. The van der Waals surface area contributed by atoms with E-state index in [1.807, 2.05) is 30.3 Å². The number of ether oxygens (including phenoxy) is 1. The number of aliphatic hydroxyl groups is 1. The molecule has 0 saturated carbocycles. The van der Waals surface area contributed by atoms with Crippen LogP contribution in [0.4, 0.5) is 0 Å². The third kappa shape index (κ3) is 2.86. The zero-order valence-corrected chi connectivity index (χ0v) is 15.0. The van der Waals surface area contributed by atoms with E-state index >= 15 is 0 Å². The highest BCUT2D eigenvalue weighted by atomic mass is 16.5. The number of piperidine rings is 1. The highest BCUT2D eigenvalue weighted by molar-refractivity contribution is 5.78. The Morgan fingerprint density at radius 2 is 2.00 bits per heavy atom. The lowest BCUT2D eigenvalue weighted by Crippen LogP contribution is -2.61. The van der Waals surface area contributed by atoms with Crippen molar-refractivity contribution in [2.24, 2.45) is 0 Å². The molecule has 3 unspecified atom stereocenters. The first-order valence-electron chi connectivity index (χ1n) is 9.20. The van der Waals surface area contributed by atoms with Crippen molar-refractivity contribution < 1.29 is 19.1 Å². The van der Waals surface area contributed by atoms with Gasteiger partial charge in [0.05, 0.1) is 25.7 Å². The molecule has 5 atom stereocenters. The minimum Gasteiger partial charge on any atom is -0.455 e. The molecular weight excluding hydrogens is 302 g/mol. The lowest BCUT2D eigenvalue weighted by atomic mass is 9.97. The van der Waals surface area contributed by atoms with Crippen molar-refractivity contribution in [3.8, 4) is 0 Å². The van der Waals surface area contributed by atoms with Gasteiger partial charge in [0.2, 0.25) is 0 Å². The molecule has 132 valence electrons. The Balaban J connectivity index is 1.75. The Hall–Kier alpha value is -1.39. The minimum atomic E-state index is -0.579. The van der Waals surface area contributed by atoms with Crippen LogP contribution in [0.3, 0.4) is 0 Å². The van der Waals surface area contributed by atoms with E-state index in [9.17, 15) is 9.90 Å². The smallest absolute Gasteiger partial charge is 0.316 e. The monoisotopic (exact) mass is 332 g/mol. The number of benzene rings is 1. The van der Waals surface area contributed by atoms with Gasteiger partial charge in [-0.05, 0) is 32.3 Å². The van der Waals surface area contributed by atoms with Gasteiger partial charge in [0.15, 0.2) is 6.10 Å². The lowest BCUT2D eigenvalue weighted by Gasteiger charge is -2.48. The fourth-order valence-corrected chi connectivity index (χ4v) is 4.87. The molecule has 2 saturated heterocycles. The number of likely N-dealkylation sites (N-methyl/N-ethyl adjacent to an activating group) is 1. The number of carbonyl (C=O) groups is 1. The number of hydrogen-bond donors (Lipinski definition) is 1. The molecule has 4 heteroatoms. The Bertz CT molecular complexity index is 574. The average Bonchev–Trinajstić information content (AvgIpc) is 2.72. The first-order chi connectivity index (χ1) is 11.5. The normalized spacial score (nSPS) is 33.5. The summed E-state index contributed by atoms with van der Waals surface area (Å²) in [6, 6.07) is 11.0. The third-order valence-corrected chi connectivity index (χ3v) is 6.52. The van der Waals surface area contributed by atoms with Gasteiger partial charge in [-0.3, -0.25) is 4.79 Å². The van der Waals surface area contributed by atoms with E-state index in [4.69, 9.17) is 4.74 Å². The Kier molecular flexibility index (Phi) is 4.97. The van der Waals surface area contributed by atoms with Gasteiger partial charge in [-0.2, -0.15) is 0 Å². The number of aliphatic hydroxyl groups excluding tert-OH is 1. The van der Waals surface area contributed by atoms with Crippen LogP contribution in [0.25, 0.3) is 0 Å². The van der Waals surface area contributed by atoms with Crippen molar-refractivity contribution in [1.29, 1.82) is 0 Å². The summed E-state index contributed by atoms with van der Waals surface area (Å²) in [5, 5.41) is 9.70. The maximum absolute atomic E-state index is 12.7. The molecule has 1 aromatic carbocycles. The maximum atomic E-state index is 12.7. The standard InChI is InChI=1S/C20H30NO3/c1-14(2)21(3)16-10-7-11-18(21)19(12-16)24-20(23)17(13-22)15-8-5-4-6-9-15/h4-6,8-9,14,16-19,22H,7,10-13H2,1-3H3/q+1/t16-,17?,18-,19?,21?/m1/s1. The quantitative estimate of drug-likeness (QED) is 0.666. The maximum Gasteiger partial charge on any atom is 0.316 e. The number of rotatable bonds is 5. The molecule has 2 aliphatic heterocycles. The van der Waals surface area contributed by atoms with Crippen molar-refractivity contribution >= 4 is 5.97 Å². The minimum absolute atomic E-state index is 0.0184. The van der Waals surface area contributed by atoms with Crippen molar-refractivity contribution in [2.45, 2.75) is 69.7 Å². The summed E-state index contributed by atoms with van der Waals surface area (Å²) in [4.78, 5) is 12.7. The first kappa shape index (κ1) is 17.4. The Morgan fingerprint density at radius 3 is 2.58 bits per heavy atom. The Labute approximate surface area is 145 Å². The number of hydrogen-bond acceptors (Lipinski definition) is 3. The van der Waals surface area contributed by atoms with E-state index in [1.54, 1.807) is 0 Å². The molecule has 24 heavy (non-hydrogen) atoms. The van der Waals surface area contributed by atoms with Gasteiger partial charge >= 0.3 is 5.97 Å². The molecule has 2 heterocycles. The second-order valence-corrected chi connectivity index (χ2v) is 7.82. The predicted molar refractivity (Wildman–Crippen MR) is 93.5 cm³/mol. The first-order valence-corrected chi connectivity index (χ1v) is 9.20. The zero-order chi connectivity index (χ0) is 17.3. The highest BCUT2D eigenvalue weighted by Gasteiger charge is 2.57. The largest absolute Gasteiger partial charge is 0.455 e. The molecule has 0 aliphatic carbocycles. The van der Waals surface area contributed by atoms with E-state index < -0.39 is 5.92 Å². The van der Waals surface area contributed by atoms with E-state index in [0.717, 1.165) is 22.9 Å². The summed E-state index contributed by atoms with van der Waals surface area (Å²) in [7, 11) is 2.33. The van der Waals surface area contributed by atoms with Crippen molar-refractivity contribution in [3.63, 3.8) is 0 Å².